The molecule has 0 aliphatic rings. The molecule has 4 nitrogen and oxygen atoms in total. The number of pyridine rings is 1. The SMILES string of the molecule is O=C(NCCc1c[nH]c2ccc(F)cc12)c1ccccn1. The van der Waals surface area contributed by atoms with Gasteiger partial charge in [-0.1, -0.05) is 6.07 Å². The predicted octanol–water partition coefficient (Wildman–Crippen LogP) is 2.67. The van der Waals surface area contributed by atoms with Crippen molar-refractivity contribution in [3.8, 4) is 0 Å². The Morgan fingerprint density at radius 1 is 1.29 bits per heavy atom. The summed E-state index contributed by atoms with van der Waals surface area (Å²) >= 11 is 0. The summed E-state index contributed by atoms with van der Waals surface area (Å²) in [5.41, 5.74) is 2.26. The molecule has 0 saturated carbocycles. The fourth-order valence-electron chi connectivity index (χ4n) is 2.26. The molecule has 0 unspecified atom stereocenters. The maximum Gasteiger partial charge on any atom is 0.269 e. The first-order chi connectivity index (χ1) is 10.2. The number of hydrogen-bond acceptors (Lipinski definition) is 2. The summed E-state index contributed by atoms with van der Waals surface area (Å²) in [5, 5.41) is 3.66. The van der Waals surface area contributed by atoms with E-state index in [2.05, 4.69) is 15.3 Å². The van der Waals surface area contributed by atoms with E-state index in [4.69, 9.17) is 0 Å². The number of amides is 1. The summed E-state index contributed by atoms with van der Waals surface area (Å²) in [4.78, 5) is 18.9. The van der Waals surface area contributed by atoms with Crippen molar-refractivity contribution in [2.45, 2.75) is 6.42 Å². The topological polar surface area (TPSA) is 57.8 Å². The molecule has 2 heterocycles. The molecule has 5 heteroatoms. The number of carbonyl (C=O) groups is 1. The summed E-state index contributed by atoms with van der Waals surface area (Å²) in [6, 6.07) is 9.83. The van der Waals surface area contributed by atoms with Crippen molar-refractivity contribution in [2.24, 2.45) is 0 Å². The summed E-state index contributed by atoms with van der Waals surface area (Å²) in [5.74, 6) is -0.470. The van der Waals surface area contributed by atoms with Crippen LogP contribution in [0.15, 0.2) is 48.8 Å². The number of H-pyrrole nitrogens is 1. The van der Waals surface area contributed by atoms with Crippen LogP contribution in [0.25, 0.3) is 10.9 Å². The molecule has 0 radical (unpaired) electrons. The van der Waals surface area contributed by atoms with Gasteiger partial charge in [-0.2, -0.15) is 0 Å². The molecule has 3 aromatic rings. The van der Waals surface area contributed by atoms with Gasteiger partial charge in [0.15, 0.2) is 0 Å². The first-order valence-corrected chi connectivity index (χ1v) is 6.69. The second-order valence-electron chi connectivity index (χ2n) is 4.72. The molecule has 0 aliphatic carbocycles. The summed E-state index contributed by atoms with van der Waals surface area (Å²) < 4.78 is 13.3. The van der Waals surface area contributed by atoms with Gasteiger partial charge in [0.1, 0.15) is 11.5 Å². The van der Waals surface area contributed by atoms with Crippen LogP contribution in [0.2, 0.25) is 0 Å². The summed E-state index contributed by atoms with van der Waals surface area (Å²) in [7, 11) is 0. The van der Waals surface area contributed by atoms with E-state index in [1.807, 2.05) is 6.20 Å². The molecular formula is C16H14FN3O. The number of nitrogens with zero attached hydrogens (tertiary/aromatic N) is 1. The zero-order valence-corrected chi connectivity index (χ0v) is 11.3. The maximum absolute atomic E-state index is 13.3. The molecule has 1 amide bonds. The first-order valence-electron chi connectivity index (χ1n) is 6.69. The van der Waals surface area contributed by atoms with E-state index < -0.39 is 0 Å². The van der Waals surface area contributed by atoms with Gasteiger partial charge in [-0.15, -0.1) is 0 Å². The minimum atomic E-state index is -0.263. The fraction of sp³-hybridized carbons (Fsp3) is 0.125. The lowest BCUT2D eigenvalue weighted by Gasteiger charge is -2.04. The van der Waals surface area contributed by atoms with Crippen LogP contribution in [0.3, 0.4) is 0 Å². The van der Waals surface area contributed by atoms with Crippen molar-refractivity contribution in [1.82, 2.24) is 15.3 Å². The number of fused-ring (bicyclic) bond motifs is 1. The van der Waals surface area contributed by atoms with Gasteiger partial charge in [0, 0.05) is 29.8 Å². The standard InChI is InChI=1S/C16H14FN3O/c17-12-4-5-14-13(9-12)11(10-20-14)6-8-19-16(21)15-3-1-2-7-18-15/h1-5,7,9-10,20H,6,8H2,(H,19,21). The minimum Gasteiger partial charge on any atom is -0.361 e. The Labute approximate surface area is 121 Å². The van der Waals surface area contributed by atoms with Crippen LogP contribution in [0.5, 0.6) is 0 Å². The van der Waals surface area contributed by atoms with Crippen LogP contribution in [0.1, 0.15) is 16.1 Å². The van der Waals surface area contributed by atoms with E-state index in [0.717, 1.165) is 16.5 Å². The lowest BCUT2D eigenvalue weighted by Crippen LogP contribution is -2.26. The van der Waals surface area contributed by atoms with E-state index in [1.165, 1.54) is 12.1 Å². The van der Waals surface area contributed by atoms with Gasteiger partial charge in [0.2, 0.25) is 0 Å². The molecule has 0 spiro atoms. The van der Waals surface area contributed by atoms with E-state index in [0.29, 0.717) is 18.7 Å². The highest BCUT2D eigenvalue weighted by Crippen LogP contribution is 2.19. The van der Waals surface area contributed by atoms with Gasteiger partial charge in [-0.25, -0.2) is 4.39 Å². The smallest absolute Gasteiger partial charge is 0.269 e. The fourth-order valence-corrected chi connectivity index (χ4v) is 2.26. The van der Waals surface area contributed by atoms with Crippen LogP contribution >= 0.6 is 0 Å². The molecule has 0 aliphatic heterocycles. The number of aromatic amines is 1. The van der Waals surface area contributed by atoms with E-state index in [1.54, 1.807) is 30.5 Å². The third-order valence-corrected chi connectivity index (χ3v) is 3.31. The number of aromatic nitrogens is 2. The van der Waals surface area contributed by atoms with Crippen LogP contribution < -0.4 is 5.32 Å². The monoisotopic (exact) mass is 283 g/mol. The average molecular weight is 283 g/mol. The highest BCUT2D eigenvalue weighted by molar-refractivity contribution is 5.92. The molecule has 0 atom stereocenters. The van der Waals surface area contributed by atoms with Crippen molar-refractivity contribution in [2.75, 3.05) is 6.54 Å². The van der Waals surface area contributed by atoms with Gasteiger partial charge < -0.3 is 10.3 Å². The summed E-state index contributed by atoms with van der Waals surface area (Å²) in [6.45, 7) is 0.471. The Morgan fingerprint density at radius 2 is 2.19 bits per heavy atom. The van der Waals surface area contributed by atoms with Crippen LogP contribution in [-0.2, 0) is 6.42 Å². The minimum absolute atomic E-state index is 0.207. The predicted molar refractivity (Wildman–Crippen MR) is 78.5 cm³/mol. The van der Waals surface area contributed by atoms with Crippen molar-refractivity contribution in [1.29, 1.82) is 0 Å². The maximum atomic E-state index is 13.3. The van der Waals surface area contributed by atoms with Crippen molar-refractivity contribution in [3.05, 3.63) is 65.9 Å². The van der Waals surface area contributed by atoms with Crippen LogP contribution in [0, 0.1) is 5.82 Å². The Bertz CT molecular complexity index is 768. The molecular weight excluding hydrogens is 269 g/mol. The molecule has 2 N–H and O–H groups in total. The molecule has 0 bridgehead atoms. The number of rotatable bonds is 4. The lowest BCUT2D eigenvalue weighted by molar-refractivity contribution is 0.0949. The molecule has 3 rings (SSSR count). The third-order valence-electron chi connectivity index (χ3n) is 3.31. The second kappa shape index (κ2) is 5.75. The Balaban J connectivity index is 1.65. The van der Waals surface area contributed by atoms with E-state index >= 15 is 0 Å². The highest BCUT2D eigenvalue weighted by Gasteiger charge is 2.07. The van der Waals surface area contributed by atoms with Gasteiger partial charge in [-0.05, 0) is 42.3 Å². The van der Waals surface area contributed by atoms with Crippen LogP contribution in [-0.4, -0.2) is 22.4 Å². The largest absolute Gasteiger partial charge is 0.361 e. The van der Waals surface area contributed by atoms with Gasteiger partial charge in [0.25, 0.3) is 5.91 Å². The first kappa shape index (κ1) is 13.3. The number of carbonyl (C=O) groups excluding carboxylic acids is 1. The Hall–Kier alpha value is -2.69. The van der Waals surface area contributed by atoms with Crippen molar-refractivity contribution >= 4 is 16.8 Å². The van der Waals surface area contributed by atoms with E-state index in [-0.39, 0.29) is 11.7 Å². The van der Waals surface area contributed by atoms with E-state index in [9.17, 15) is 9.18 Å². The third kappa shape index (κ3) is 2.91. The van der Waals surface area contributed by atoms with Crippen LogP contribution in [0.4, 0.5) is 4.39 Å². The molecule has 0 saturated heterocycles. The quantitative estimate of drug-likeness (QED) is 0.773. The van der Waals surface area contributed by atoms with Gasteiger partial charge in [-0.3, -0.25) is 9.78 Å². The Morgan fingerprint density at radius 3 is 3.00 bits per heavy atom. The van der Waals surface area contributed by atoms with Gasteiger partial charge >= 0.3 is 0 Å². The lowest BCUT2D eigenvalue weighted by atomic mass is 10.1. The normalized spacial score (nSPS) is 10.7. The molecule has 2 aromatic heterocycles. The zero-order chi connectivity index (χ0) is 14.7. The van der Waals surface area contributed by atoms with Crippen molar-refractivity contribution in [3.63, 3.8) is 0 Å². The van der Waals surface area contributed by atoms with Crippen molar-refractivity contribution < 1.29 is 9.18 Å². The van der Waals surface area contributed by atoms with Gasteiger partial charge in [0.05, 0.1) is 0 Å². The molecule has 106 valence electrons. The molecule has 0 fully saturated rings. The molecule has 1 aromatic carbocycles. The average Bonchev–Trinajstić information content (AvgIpc) is 2.90. The zero-order valence-electron chi connectivity index (χ0n) is 11.3. The highest BCUT2D eigenvalue weighted by atomic mass is 19.1. The number of halogens is 1. The molecule has 21 heavy (non-hydrogen) atoms. The second-order valence-corrected chi connectivity index (χ2v) is 4.72. The summed E-state index contributed by atoms with van der Waals surface area (Å²) in [6.07, 6.45) is 4.05. The Kier molecular flexibility index (Phi) is 3.64. The number of hydrogen-bond donors (Lipinski definition) is 2. The number of nitrogens with one attached hydrogen (secondary N) is 2. The number of benzene rings is 1.